The number of ketones is 1. The molecule has 0 atom stereocenters. The van der Waals surface area contributed by atoms with Gasteiger partial charge in [0.15, 0.2) is 17.3 Å². The van der Waals surface area contributed by atoms with Crippen molar-refractivity contribution in [1.82, 2.24) is 0 Å². The van der Waals surface area contributed by atoms with Gasteiger partial charge in [-0.1, -0.05) is 44.2 Å². The van der Waals surface area contributed by atoms with E-state index >= 15 is 0 Å². The molecule has 0 bridgehead atoms. The Balaban J connectivity index is 1.94. The molecule has 0 spiro atoms. The number of hydrogen-bond donors (Lipinski definition) is 0. The Labute approximate surface area is 201 Å². The van der Waals surface area contributed by atoms with Gasteiger partial charge in [-0.2, -0.15) is 0 Å². The Morgan fingerprint density at radius 2 is 1.53 bits per heavy atom. The largest absolute Gasteiger partial charge is 0.493 e. The summed E-state index contributed by atoms with van der Waals surface area (Å²) in [5.74, 6) is 2.22. The molecule has 5 heteroatoms. The Morgan fingerprint density at radius 1 is 0.882 bits per heavy atom. The van der Waals surface area contributed by atoms with E-state index in [9.17, 15) is 4.79 Å². The molecule has 0 radical (unpaired) electrons. The average molecular weight is 461 g/mol. The van der Waals surface area contributed by atoms with E-state index in [4.69, 9.17) is 18.9 Å². The van der Waals surface area contributed by atoms with E-state index in [-0.39, 0.29) is 5.78 Å². The van der Waals surface area contributed by atoms with Gasteiger partial charge in [0.05, 0.1) is 21.3 Å². The van der Waals surface area contributed by atoms with Crippen molar-refractivity contribution in [3.63, 3.8) is 0 Å². The van der Waals surface area contributed by atoms with Gasteiger partial charge in [0, 0.05) is 11.1 Å². The second-order valence-electron chi connectivity index (χ2n) is 8.29. The number of methoxy groups -OCH3 is 3. The second kappa shape index (κ2) is 11.4. The van der Waals surface area contributed by atoms with Crippen LogP contribution in [-0.2, 0) is 6.61 Å². The molecule has 34 heavy (non-hydrogen) atoms. The van der Waals surface area contributed by atoms with Crippen molar-refractivity contribution in [2.45, 2.75) is 33.3 Å². The van der Waals surface area contributed by atoms with Gasteiger partial charge >= 0.3 is 0 Å². The minimum absolute atomic E-state index is 0.181. The first-order valence-corrected chi connectivity index (χ1v) is 11.2. The van der Waals surface area contributed by atoms with Gasteiger partial charge in [-0.05, 0) is 65.9 Å². The molecule has 0 heterocycles. The number of carbonyl (C=O) groups excluding carboxylic acids is 1. The molecule has 0 aromatic heterocycles. The van der Waals surface area contributed by atoms with Crippen molar-refractivity contribution in [1.29, 1.82) is 0 Å². The number of allylic oxidation sites excluding steroid dienone is 1. The van der Waals surface area contributed by atoms with Gasteiger partial charge in [-0.25, -0.2) is 0 Å². The highest BCUT2D eigenvalue weighted by Crippen LogP contribution is 2.38. The van der Waals surface area contributed by atoms with Crippen molar-refractivity contribution >= 4 is 11.9 Å². The van der Waals surface area contributed by atoms with Crippen molar-refractivity contribution in [3.8, 4) is 23.0 Å². The van der Waals surface area contributed by atoms with Gasteiger partial charge in [-0.3, -0.25) is 4.79 Å². The van der Waals surface area contributed by atoms with Crippen molar-refractivity contribution < 1.29 is 23.7 Å². The summed E-state index contributed by atoms with van der Waals surface area (Å²) < 4.78 is 22.3. The topological polar surface area (TPSA) is 54.0 Å². The van der Waals surface area contributed by atoms with E-state index in [0.29, 0.717) is 35.3 Å². The van der Waals surface area contributed by atoms with Crippen LogP contribution in [0.25, 0.3) is 6.08 Å². The lowest BCUT2D eigenvalue weighted by Gasteiger charge is -2.16. The van der Waals surface area contributed by atoms with E-state index in [2.05, 4.69) is 26.8 Å². The highest BCUT2D eigenvalue weighted by molar-refractivity contribution is 6.07. The zero-order chi connectivity index (χ0) is 24.7. The first-order chi connectivity index (χ1) is 16.4. The summed E-state index contributed by atoms with van der Waals surface area (Å²) in [5, 5.41) is 0. The molecule has 0 aliphatic rings. The van der Waals surface area contributed by atoms with E-state index in [1.807, 2.05) is 36.4 Å². The maximum absolute atomic E-state index is 13.1. The lowest BCUT2D eigenvalue weighted by Crippen LogP contribution is -2.02. The summed E-state index contributed by atoms with van der Waals surface area (Å²) in [6, 6.07) is 17.4. The number of rotatable bonds is 10. The first kappa shape index (κ1) is 24.9. The van der Waals surface area contributed by atoms with Crippen molar-refractivity contribution in [3.05, 3.63) is 88.5 Å². The number of aryl methyl sites for hydroxylation is 1. The monoisotopic (exact) mass is 460 g/mol. The van der Waals surface area contributed by atoms with Crippen molar-refractivity contribution in [2.24, 2.45) is 0 Å². The van der Waals surface area contributed by atoms with Crippen LogP contribution in [0.3, 0.4) is 0 Å². The zero-order valence-corrected chi connectivity index (χ0v) is 20.7. The number of benzene rings is 3. The molecule has 3 rings (SSSR count). The van der Waals surface area contributed by atoms with Gasteiger partial charge in [-0.15, -0.1) is 0 Å². The van der Waals surface area contributed by atoms with Crippen LogP contribution in [0.2, 0.25) is 0 Å². The van der Waals surface area contributed by atoms with Crippen LogP contribution in [0.5, 0.6) is 23.0 Å². The molecule has 178 valence electrons. The molecule has 0 N–H and O–H groups in total. The molecular formula is C29H32O5. The first-order valence-electron chi connectivity index (χ1n) is 11.2. The average Bonchev–Trinajstić information content (AvgIpc) is 2.85. The Kier molecular flexibility index (Phi) is 8.36. The molecule has 0 amide bonds. The van der Waals surface area contributed by atoms with Crippen molar-refractivity contribution in [2.75, 3.05) is 21.3 Å². The molecule has 0 unspecified atom stereocenters. The van der Waals surface area contributed by atoms with Crippen LogP contribution < -0.4 is 18.9 Å². The maximum Gasteiger partial charge on any atom is 0.203 e. The summed E-state index contributed by atoms with van der Waals surface area (Å²) in [6.07, 6.45) is 3.35. The summed E-state index contributed by atoms with van der Waals surface area (Å²) in [4.78, 5) is 13.1. The Morgan fingerprint density at radius 3 is 2.09 bits per heavy atom. The highest BCUT2D eigenvalue weighted by atomic mass is 16.5. The Bertz CT molecular complexity index is 1140. The normalized spacial score (nSPS) is 11.0. The minimum atomic E-state index is -0.181. The van der Waals surface area contributed by atoms with Crippen LogP contribution in [0.4, 0.5) is 0 Å². The predicted molar refractivity (Wildman–Crippen MR) is 136 cm³/mol. The fourth-order valence-corrected chi connectivity index (χ4v) is 3.81. The number of carbonyl (C=O) groups is 1. The summed E-state index contributed by atoms with van der Waals surface area (Å²) in [6.45, 7) is 6.84. The molecule has 0 saturated carbocycles. The molecule has 3 aromatic carbocycles. The minimum Gasteiger partial charge on any atom is -0.493 e. The fourth-order valence-electron chi connectivity index (χ4n) is 3.81. The third kappa shape index (κ3) is 5.79. The molecule has 0 saturated heterocycles. The molecule has 0 aliphatic heterocycles. The molecule has 0 fully saturated rings. The highest BCUT2D eigenvalue weighted by Gasteiger charge is 2.16. The van der Waals surface area contributed by atoms with Gasteiger partial charge < -0.3 is 18.9 Å². The van der Waals surface area contributed by atoms with E-state index in [1.54, 1.807) is 24.3 Å². The third-order valence-electron chi connectivity index (χ3n) is 5.62. The molecular weight excluding hydrogens is 428 g/mol. The molecule has 3 aromatic rings. The van der Waals surface area contributed by atoms with E-state index in [0.717, 1.165) is 22.4 Å². The van der Waals surface area contributed by atoms with Crippen LogP contribution in [0, 0.1) is 6.92 Å². The zero-order valence-electron chi connectivity index (χ0n) is 20.7. The van der Waals surface area contributed by atoms with Crippen LogP contribution in [0.15, 0.2) is 60.7 Å². The fraction of sp³-hybridized carbons (Fsp3) is 0.276. The molecule has 5 nitrogen and oxygen atoms in total. The lowest BCUT2D eigenvalue weighted by molar-refractivity contribution is 0.104. The van der Waals surface area contributed by atoms with Gasteiger partial charge in [0.2, 0.25) is 5.75 Å². The van der Waals surface area contributed by atoms with Gasteiger partial charge in [0.1, 0.15) is 12.4 Å². The number of hydrogen-bond acceptors (Lipinski definition) is 5. The van der Waals surface area contributed by atoms with Crippen LogP contribution in [-0.4, -0.2) is 27.1 Å². The second-order valence-corrected chi connectivity index (χ2v) is 8.29. The Hall–Kier alpha value is -3.73. The summed E-state index contributed by atoms with van der Waals surface area (Å²) in [7, 11) is 4.58. The number of ether oxygens (including phenoxy) is 4. The maximum atomic E-state index is 13.1. The van der Waals surface area contributed by atoms with E-state index < -0.39 is 0 Å². The molecule has 0 aliphatic carbocycles. The third-order valence-corrected chi connectivity index (χ3v) is 5.62. The quantitative estimate of drug-likeness (QED) is 0.251. The lowest BCUT2D eigenvalue weighted by atomic mass is 9.94. The summed E-state index contributed by atoms with van der Waals surface area (Å²) in [5.41, 5.74) is 4.74. The van der Waals surface area contributed by atoms with Crippen LogP contribution in [0.1, 0.15) is 52.4 Å². The van der Waals surface area contributed by atoms with Crippen LogP contribution >= 0.6 is 0 Å². The SMILES string of the molecule is COc1cc(C(=O)/C=C/c2cc(C(C)C)c(C)cc2OCc2ccccc2)cc(OC)c1OC. The summed E-state index contributed by atoms with van der Waals surface area (Å²) >= 11 is 0. The predicted octanol–water partition coefficient (Wildman–Crippen LogP) is 6.62. The van der Waals surface area contributed by atoms with E-state index in [1.165, 1.54) is 26.9 Å². The van der Waals surface area contributed by atoms with Gasteiger partial charge in [0.25, 0.3) is 0 Å². The standard InChI is InChI=1S/C29H32O5/c1-19(2)24-15-22(26(14-20(24)3)34-18-21-10-8-7-9-11-21)12-13-25(30)23-16-27(31-4)29(33-6)28(17-23)32-5/h7-17,19H,18H2,1-6H3/b13-12+. The smallest absolute Gasteiger partial charge is 0.203 e.